The SMILES string of the molecule is CC(C)[Si](OCCCCCCBr)(C(C)C)C(C)C. The lowest BCUT2D eigenvalue weighted by Gasteiger charge is -2.42. The molecule has 0 aliphatic heterocycles. The highest BCUT2D eigenvalue weighted by molar-refractivity contribution is 9.09. The molecule has 0 bridgehead atoms. The van der Waals surface area contributed by atoms with Gasteiger partial charge >= 0.3 is 0 Å². The van der Waals surface area contributed by atoms with Gasteiger partial charge in [-0.25, -0.2) is 0 Å². The summed E-state index contributed by atoms with van der Waals surface area (Å²) < 4.78 is 6.52. The second kappa shape index (κ2) is 9.54. The predicted molar refractivity (Wildman–Crippen MR) is 89.3 cm³/mol. The lowest BCUT2D eigenvalue weighted by atomic mass is 10.2. The van der Waals surface area contributed by atoms with Crippen LogP contribution in [0, 0.1) is 0 Å². The number of hydrogen-bond donors (Lipinski definition) is 0. The summed E-state index contributed by atoms with van der Waals surface area (Å²) in [5.41, 5.74) is 2.13. The topological polar surface area (TPSA) is 9.23 Å². The molecule has 0 aliphatic rings. The molecular weight excluding hydrogens is 304 g/mol. The van der Waals surface area contributed by atoms with E-state index in [2.05, 4.69) is 57.5 Å². The first-order chi connectivity index (χ1) is 8.39. The van der Waals surface area contributed by atoms with E-state index < -0.39 is 8.32 Å². The molecule has 0 aromatic carbocycles. The third kappa shape index (κ3) is 5.34. The van der Waals surface area contributed by atoms with Gasteiger partial charge in [-0.05, 0) is 29.5 Å². The van der Waals surface area contributed by atoms with Crippen LogP contribution >= 0.6 is 15.9 Å². The first-order valence-corrected chi connectivity index (χ1v) is 10.9. The van der Waals surface area contributed by atoms with Gasteiger partial charge in [0.2, 0.25) is 0 Å². The molecule has 0 unspecified atom stereocenters. The molecule has 1 nitrogen and oxygen atoms in total. The molecule has 18 heavy (non-hydrogen) atoms. The van der Waals surface area contributed by atoms with Crippen molar-refractivity contribution >= 4 is 24.2 Å². The van der Waals surface area contributed by atoms with Gasteiger partial charge in [-0.3, -0.25) is 0 Å². The van der Waals surface area contributed by atoms with E-state index in [1.165, 1.54) is 25.7 Å². The molecule has 0 saturated heterocycles. The van der Waals surface area contributed by atoms with E-state index in [0.29, 0.717) is 16.6 Å². The molecule has 0 N–H and O–H groups in total. The fourth-order valence-electron chi connectivity index (χ4n) is 3.30. The van der Waals surface area contributed by atoms with Crippen LogP contribution in [-0.2, 0) is 4.43 Å². The molecular formula is C15H33BrOSi. The Hall–Kier alpha value is 0.657. The van der Waals surface area contributed by atoms with Crippen molar-refractivity contribution in [2.75, 3.05) is 11.9 Å². The average Bonchev–Trinajstić information content (AvgIpc) is 2.26. The highest BCUT2D eigenvalue weighted by Crippen LogP contribution is 2.42. The van der Waals surface area contributed by atoms with Crippen LogP contribution in [0.1, 0.15) is 67.2 Å². The largest absolute Gasteiger partial charge is 0.416 e. The summed E-state index contributed by atoms with van der Waals surface area (Å²) in [7, 11) is -1.61. The highest BCUT2D eigenvalue weighted by Gasteiger charge is 2.44. The molecule has 0 aromatic heterocycles. The monoisotopic (exact) mass is 336 g/mol. The first kappa shape index (κ1) is 18.7. The van der Waals surface area contributed by atoms with E-state index >= 15 is 0 Å². The van der Waals surface area contributed by atoms with Crippen molar-refractivity contribution in [2.24, 2.45) is 0 Å². The van der Waals surface area contributed by atoms with Crippen molar-refractivity contribution in [3.8, 4) is 0 Å². The summed E-state index contributed by atoms with van der Waals surface area (Å²) in [5.74, 6) is 0. The lowest BCUT2D eigenvalue weighted by molar-refractivity contribution is 0.268. The van der Waals surface area contributed by atoms with Crippen LogP contribution in [0.25, 0.3) is 0 Å². The van der Waals surface area contributed by atoms with E-state index in [0.717, 1.165) is 11.9 Å². The molecule has 0 amide bonds. The van der Waals surface area contributed by atoms with Gasteiger partial charge in [-0.2, -0.15) is 0 Å². The summed E-state index contributed by atoms with van der Waals surface area (Å²) in [6.45, 7) is 15.1. The van der Waals surface area contributed by atoms with Crippen LogP contribution in [0.4, 0.5) is 0 Å². The van der Waals surface area contributed by atoms with E-state index in [9.17, 15) is 0 Å². The number of halogens is 1. The van der Waals surface area contributed by atoms with Gasteiger partial charge in [0.05, 0.1) is 0 Å². The Morgan fingerprint density at radius 1 is 0.778 bits per heavy atom. The van der Waals surface area contributed by atoms with Crippen LogP contribution in [0.3, 0.4) is 0 Å². The Morgan fingerprint density at radius 2 is 1.22 bits per heavy atom. The van der Waals surface area contributed by atoms with Crippen molar-refractivity contribution in [2.45, 2.75) is 83.8 Å². The fraction of sp³-hybridized carbons (Fsp3) is 1.00. The van der Waals surface area contributed by atoms with Crippen molar-refractivity contribution in [1.82, 2.24) is 0 Å². The molecule has 0 atom stereocenters. The maximum absolute atomic E-state index is 6.52. The minimum absolute atomic E-state index is 0.708. The van der Waals surface area contributed by atoms with E-state index in [1.54, 1.807) is 0 Å². The molecule has 0 fully saturated rings. The van der Waals surface area contributed by atoms with Gasteiger partial charge in [0.1, 0.15) is 0 Å². The van der Waals surface area contributed by atoms with E-state index in [1.807, 2.05) is 0 Å². The first-order valence-electron chi connectivity index (χ1n) is 7.59. The van der Waals surface area contributed by atoms with E-state index in [4.69, 9.17) is 4.43 Å². The zero-order valence-electron chi connectivity index (χ0n) is 13.3. The lowest BCUT2D eigenvalue weighted by Crippen LogP contribution is -2.47. The standard InChI is InChI=1S/C15H33BrOSi/c1-13(2)18(14(3)4,15(5)6)17-12-10-8-7-9-11-16/h13-15H,7-12H2,1-6H3. The zero-order valence-corrected chi connectivity index (χ0v) is 15.8. The van der Waals surface area contributed by atoms with Crippen LogP contribution in [0.15, 0.2) is 0 Å². The molecule has 0 radical (unpaired) electrons. The molecule has 0 saturated carbocycles. The Kier molecular flexibility index (Phi) is 9.89. The minimum Gasteiger partial charge on any atom is -0.416 e. The highest BCUT2D eigenvalue weighted by atomic mass is 79.9. The normalized spacial score (nSPS) is 13.0. The minimum atomic E-state index is -1.61. The smallest absolute Gasteiger partial charge is 0.200 e. The maximum Gasteiger partial charge on any atom is 0.200 e. The Labute approximate surface area is 124 Å². The van der Waals surface area contributed by atoms with Crippen LogP contribution in [0.2, 0.25) is 16.6 Å². The second-order valence-corrected chi connectivity index (χ2v) is 12.5. The summed E-state index contributed by atoms with van der Waals surface area (Å²) in [4.78, 5) is 0. The Balaban J connectivity index is 4.26. The molecule has 0 aliphatic carbocycles. The quantitative estimate of drug-likeness (QED) is 0.264. The second-order valence-electron chi connectivity index (χ2n) is 6.27. The van der Waals surface area contributed by atoms with Crippen molar-refractivity contribution in [1.29, 1.82) is 0 Å². The van der Waals surface area contributed by atoms with Crippen molar-refractivity contribution in [3.05, 3.63) is 0 Å². The van der Waals surface area contributed by atoms with Gasteiger partial charge in [0, 0.05) is 11.9 Å². The van der Waals surface area contributed by atoms with Crippen molar-refractivity contribution in [3.63, 3.8) is 0 Å². The summed E-state index contributed by atoms with van der Waals surface area (Å²) in [5, 5.41) is 1.14. The van der Waals surface area contributed by atoms with Gasteiger partial charge in [-0.1, -0.05) is 70.3 Å². The van der Waals surface area contributed by atoms with Gasteiger partial charge < -0.3 is 4.43 Å². The van der Waals surface area contributed by atoms with Crippen LogP contribution in [0.5, 0.6) is 0 Å². The number of alkyl halides is 1. The van der Waals surface area contributed by atoms with Crippen LogP contribution in [-0.4, -0.2) is 20.3 Å². The van der Waals surface area contributed by atoms with Gasteiger partial charge in [-0.15, -0.1) is 0 Å². The number of unbranched alkanes of at least 4 members (excludes halogenated alkanes) is 3. The molecule has 110 valence electrons. The maximum atomic E-state index is 6.52. The molecule has 0 spiro atoms. The van der Waals surface area contributed by atoms with Crippen molar-refractivity contribution < 1.29 is 4.43 Å². The van der Waals surface area contributed by atoms with E-state index in [-0.39, 0.29) is 0 Å². The fourth-order valence-corrected chi connectivity index (χ4v) is 9.19. The number of hydrogen-bond acceptors (Lipinski definition) is 1. The van der Waals surface area contributed by atoms with Gasteiger partial charge in [0.15, 0.2) is 8.32 Å². The number of rotatable bonds is 10. The molecule has 3 heteroatoms. The third-order valence-corrected chi connectivity index (χ3v) is 10.8. The zero-order chi connectivity index (χ0) is 14.2. The average molecular weight is 337 g/mol. The summed E-state index contributed by atoms with van der Waals surface area (Å²) in [6, 6.07) is 0. The summed E-state index contributed by atoms with van der Waals surface area (Å²) >= 11 is 3.48. The molecule has 0 rings (SSSR count). The van der Waals surface area contributed by atoms with Crippen LogP contribution < -0.4 is 0 Å². The Bertz CT molecular complexity index is 183. The Morgan fingerprint density at radius 3 is 1.61 bits per heavy atom. The third-order valence-electron chi connectivity index (χ3n) is 4.09. The summed E-state index contributed by atoms with van der Waals surface area (Å²) in [6.07, 6.45) is 5.16. The van der Waals surface area contributed by atoms with Gasteiger partial charge in [0.25, 0.3) is 0 Å². The molecule has 0 aromatic rings. The molecule has 0 heterocycles. The predicted octanol–water partition coefficient (Wildman–Crippen LogP) is 6.13.